The molecule has 0 spiro atoms. The van der Waals surface area contributed by atoms with Crippen LogP contribution in [-0.4, -0.2) is 17.9 Å². The van der Waals surface area contributed by atoms with E-state index >= 15 is 0 Å². The molecule has 1 aromatic rings. The highest BCUT2D eigenvalue weighted by Gasteiger charge is 2.20. The third-order valence-corrected chi connectivity index (χ3v) is 3.44. The number of halogens is 2. The van der Waals surface area contributed by atoms with Crippen LogP contribution in [0.25, 0.3) is 0 Å². The summed E-state index contributed by atoms with van der Waals surface area (Å²) in [6, 6.07) is 4.58. The van der Waals surface area contributed by atoms with Crippen molar-refractivity contribution in [3.63, 3.8) is 0 Å². The molecule has 0 saturated heterocycles. The number of carbonyl (C=O) groups is 2. The fourth-order valence-electron chi connectivity index (χ4n) is 2.06. The van der Waals surface area contributed by atoms with Crippen LogP contribution in [0.2, 0.25) is 10.0 Å². The summed E-state index contributed by atoms with van der Waals surface area (Å²) in [7, 11) is 0. The number of anilines is 1. The molecule has 0 bridgehead atoms. The van der Waals surface area contributed by atoms with Gasteiger partial charge in [0.25, 0.3) is 0 Å². The Morgan fingerprint density at radius 3 is 2.26 bits per heavy atom. The number of Topliss-reactive ketones (excluding diaryl/α,β-unsaturated/α-hetero) is 1. The maximum atomic E-state index is 11.8. The van der Waals surface area contributed by atoms with Gasteiger partial charge in [0.1, 0.15) is 5.78 Å². The standard InChI is InChI=1S/C13H14Cl2N2O2/c14-8-5-9(15)7-11(6-8)17-13(19)16-10-1-3-12(18)4-2-10/h5-7,10H,1-4H2,(H2,16,17,19). The van der Waals surface area contributed by atoms with Crippen LogP contribution in [0.4, 0.5) is 10.5 Å². The molecule has 4 nitrogen and oxygen atoms in total. The number of hydrogen-bond acceptors (Lipinski definition) is 2. The Morgan fingerprint density at radius 2 is 1.68 bits per heavy atom. The van der Waals surface area contributed by atoms with Gasteiger partial charge in [-0.05, 0) is 31.0 Å². The normalized spacial score (nSPS) is 16.2. The second-order valence-corrected chi connectivity index (χ2v) is 5.44. The van der Waals surface area contributed by atoms with Gasteiger partial charge in [-0.25, -0.2) is 4.79 Å². The van der Waals surface area contributed by atoms with Gasteiger partial charge in [-0.1, -0.05) is 23.2 Å². The predicted octanol–water partition coefficient (Wildman–Crippen LogP) is 3.63. The second-order valence-electron chi connectivity index (χ2n) is 4.57. The fraction of sp³-hybridized carbons (Fsp3) is 0.385. The van der Waals surface area contributed by atoms with Gasteiger partial charge < -0.3 is 10.6 Å². The summed E-state index contributed by atoms with van der Waals surface area (Å²) in [6.45, 7) is 0. The van der Waals surface area contributed by atoms with E-state index < -0.39 is 0 Å². The lowest BCUT2D eigenvalue weighted by atomic mass is 9.94. The largest absolute Gasteiger partial charge is 0.335 e. The average Bonchev–Trinajstić information content (AvgIpc) is 2.30. The molecule has 0 unspecified atom stereocenters. The molecule has 1 aromatic carbocycles. The average molecular weight is 301 g/mol. The van der Waals surface area contributed by atoms with Gasteiger partial charge in [-0.2, -0.15) is 0 Å². The zero-order valence-electron chi connectivity index (χ0n) is 10.2. The van der Waals surface area contributed by atoms with Gasteiger partial charge in [0.05, 0.1) is 0 Å². The number of amides is 2. The van der Waals surface area contributed by atoms with Crippen LogP contribution in [0.15, 0.2) is 18.2 Å². The Hall–Kier alpha value is -1.26. The maximum absolute atomic E-state index is 11.8. The monoisotopic (exact) mass is 300 g/mol. The van der Waals surface area contributed by atoms with Crippen LogP contribution in [0.3, 0.4) is 0 Å². The summed E-state index contributed by atoms with van der Waals surface area (Å²) in [5, 5.41) is 6.44. The SMILES string of the molecule is O=C1CCC(NC(=O)Nc2cc(Cl)cc(Cl)c2)CC1. The lowest BCUT2D eigenvalue weighted by Crippen LogP contribution is -2.40. The zero-order valence-corrected chi connectivity index (χ0v) is 11.7. The molecular weight excluding hydrogens is 287 g/mol. The number of ketones is 1. The first kappa shape index (κ1) is 14.2. The highest BCUT2D eigenvalue weighted by molar-refractivity contribution is 6.35. The molecule has 0 atom stereocenters. The molecule has 1 aliphatic carbocycles. The van der Waals surface area contributed by atoms with Crippen molar-refractivity contribution in [2.24, 2.45) is 0 Å². The summed E-state index contributed by atoms with van der Waals surface area (Å²) < 4.78 is 0. The minimum Gasteiger partial charge on any atom is -0.335 e. The van der Waals surface area contributed by atoms with E-state index in [4.69, 9.17) is 23.2 Å². The third-order valence-electron chi connectivity index (χ3n) is 3.00. The van der Waals surface area contributed by atoms with Gasteiger partial charge in [-0.3, -0.25) is 4.79 Å². The maximum Gasteiger partial charge on any atom is 0.319 e. The Kier molecular flexibility index (Phi) is 4.66. The minimum atomic E-state index is -0.308. The number of hydrogen-bond donors (Lipinski definition) is 2. The summed E-state index contributed by atoms with van der Waals surface area (Å²) in [5.41, 5.74) is 0.543. The molecule has 1 fully saturated rings. The first-order valence-corrected chi connectivity index (χ1v) is 6.84. The van der Waals surface area contributed by atoms with E-state index in [0.717, 1.165) is 0 Å². The summed E-state index contributed by atoms with van der Waals surface area (Å²) in [4.78, 5) is 22.9. The number of rotatable bonds is 2. The Labute approximate surface area is 121 Å². The predicted molar refractivity (Wildman–Crippen MR) is 75.9 cm³/mol. The Balaban J connectivity index is 1.88. The molecule has 2 N–H and O–H groups in total. The molecule has 0 aromatic heterocycles. The highest BCUT2D eigenvalue weighted by atomic mass is 35.5. The highest BCUT2D eigenvalue weighted by Crippen LogP contribution is 2.22. The third kappa shape index (κ3) is 4.40. The van der Waals surface area contributed by atoms with Gasteiger partial charge in [-0.15, -0.1) is 0 Å². The van der Waals surface area contributed by atoms with Crippen LogP contribution < -0.4 is 10.6 Å². The number of benzene rings is 1. The van der Waals surface area contributed by atoms with Gasteiger partial charge in [0, 0.05) is 34.6 Å². The van der Waals surface area contributed by atoms with E-state index in [0.29, 0.717) is 41.4 Å². The summed E-state index contributed by atoms with van der Waals surface area (Å²) in [6.07, 6.45) is 2.47. The van der Waals surface area contributed by atoms with Crippen molar-refractivity contribution in [3.8, 4) is 0 Å². The van der Waals surface area contributed by atoms with Gasteiger partial charge >= 0.3 is 6.03 Å². The van der Waals surface area contributed by atoms with Crippen molar-refractivity contribution in [1.82, 2.24) is 5.32 Å². The topological polar surface area (TPSA) is 58.2 Å². The quantitative estimate of drug-likeness (QED) is 0.876. The van der Waals surface area contributed by atoms with Crippen LogP contribution in [-0.2, 0) is 4.79 Å². The Bertz CT molecular complexity index is 475. The molecule has 0 aliphatic heterocycles. The molecule has 2 rings (SSSR count). The number of urea groups is 1. The van der Waals surface area contributed by atoms with Crippen molar-refractivity contribution >= 4 is 40.7 Å². The number of carbonyl (C=O) groups excluding carboxylic acids is 2. The fourth-order valence-corrected chi connectivity index (χ4v) is 2.59. The van der Waals surface area contributed by atoms with E-state index in [1.165, 1.54) is 0 Å². The number of nitrogens with one attached hydrogen (secondary N) is 2. The van der Waals surface area contributed by atoms with Gasteiger partial charge in [0.15, 0.2) is 0 Å². The molecule has 6 heteroatoms. The molecule has 0 radical (unpaired) electrons. The van der Waals surface area contributed by atoms with E-state index in [1.807, 2.05) is 0 Å². The summed E-state index contributed by atoms with van der Waals surface area (Å²) >= 11 is 11.7. The molecular formula is C13H14Cl2N2O2. The van der Waals surface area contributed by atoms with Crippen LogP contribution >= 0.6 is 23.2 Å². The molecule has 1 saturated carbocycles. The first-order valence-electron chi connectivity index (χ1n) is 6.08. The van der Waals surface area contributed by atoms with E-state index in [-0.39, 0.29) is 17.9 Å². The van der Waals surface area contributed by atoms with Crippen molar-refractivity contribution in [2.45, 2.75) is 31.7 Å². The second kappa shape index (κ2) is 6.26. The smallest absolute Gasteiger partial charge is 0.319 e. The van der Waals surface area contributed by atoms with Crippen molar-refractivity contribution in [3.05, 3.63) is 28.2 Å². The summed E-state index contributed by atoms with van der Waals surface area (Å²) in [5.74, 6) is 0.264. The van der Waals surface area contributed by atoms with E-state index in [1.54, 1.807) is 18.2 Å². The minimum absolute atomic E-state index is 0.0485. The van der Waals surface area contributed by atoms with E-state index in [2.05, 4.69) is 10.6 Å². The molecule has 0 heterocycles. The lowest BCUT2D eigenvalue weighted by molar-refractivity contribution is -0.120. The molecule has 1 aliphatic rings. The zero-order chi connectivity index (χ0) is 13.8. The van der Waals surface area contributed by atoms with E-state index in [9.17, 15) is 9.59 Å². The van der Waals surface area contributed by atoms with Crippen LogP contribution in [0, 0.1) is 0 Å². The molecule has 19 heavy (non-hydrogen) atoms. The van der Waals surface area contributed by atoms with Crippen molar-refractivity contribution in [1.29, 1.82) is 0 Å². The van der Waals surface area contributed by atoms with Gasteiger partial charge in [0.2, 0.25) is 0 Å². The lowest BCUT2D eigenvalue weighted by Gasteiger charge is -2.22. The van der Waals surface area contributed by atoms with Crippen molar-refractivity contribution in [2.75, 3.05) is 5.32 Å². The first-order chi connectivity index (χ1) is 9.02. The Morgan fingerprint density at radius 1 is 1.11 bits per heavy atom. The van der Waals surface area contributed by atoms with Crippen LogP contribution in [0.1, 0.15) is 25.7 Å². The molecule has 2 amide bonds. The molecule has 102 valence electrons. The van der Waals surface area contributed by atoms with Crippen LogP contribution in [0.5, 0.6) is 0 Å². The van der Waals surface area contributed by atoms with Crippen molar-refractivity contribution < 1.29 is 9.59 Å².